The molecule has 0 heterocycles. The maximum atomic E-state index is 5.24. The van der Waals surface area contributed by atoms with E-state index in [1.54, 1.807) is 14.2 Å². The monoisotopic (exact) mass is 462 g/mol. The summed E-state index contributed by atoms with van der Waals surface area (Å²) in [6, 6.07) is 17.4. The predicted molar refractivity (Wildman–Crippen MR) is 138 cm³/mol. The minimum absolute atomic E-state index is 0.550. The van der Waals surface area contributed by atoms with Crippen LogP contribution in [0.5, 0.6) is 11.5 Å². The molecule has 6 heteroatoms. The van der Waals surface area contributed by atoms with Crippen LogP contribution in [0.3, 0.4) is 0 Å². The molecule has 0 radical (unpaired) electrons. The van der Waals surface area contributed by atoms with Gasteiger partial charge in [-0.25, -0.2) is 0 Å². The number of benzene rings is 2. The Morgan fingerprint density at radius 1 is 0.742 bits per heavy atom. The van der Waals surface area contributed by atoms with Gasteiger partial charge < -0.3 is 20.1 Å². The quantitative estimate of drug-likeness (QED) is 0.363. The Kier molecular flexibility index (Phi) is 12.9. The van der Waals surface area contributed by atoms with E-state index in [9.17, 15) is 0 Å². The van der Waals surface area contributed by atoms with Crippen molar-refractivity contribution >= 4 is 23.5 Å². The lowest BCUT2D eigenvalue weighted by atomic mass is 10.0. The smallest absolute Gasteiger partial charge is 0.118 e. The zero-order valence-corrected chi connectivity index (χ0v) is 21.0. The first-order valence-corrected chi connectivity index (χ1v) is 13.2. The third-order valence-corrected chi connectivity index (χ3v) is 7.77. The Bertz CT molecular complexity index is 710. The number of thioether (sulfide) groups is 2. The molecular weight excluding hydrogens is 424 g/mol. The summed E-state index contributed by atoms with van der Waals surface area (Å²) in [7, 11) is 7.56. The number of nitrogens with one attached hydrogen (secondary N) is 2. The number of ether oxygens (including phenoxy) is 2. The first kappa shape index (κ1) is 25.9. The lowest BCUT2D eigenvalue weighted by Crippen LogP contribution is -2.30. The van der Waals surface area contributed by atoms with Crippen molar-refractivity contribution in [2.45, 2.75) is 30.4 Å². The fourth-order valence-corrected chi connectivity index (χ4v) is 5.71. The highest BCUT2D eigenvalue weighted by molar-refractivity contribution is 7.98. The maximum absolute atomic E-state index is 5.24. The number of hydrogen-bond donors (Lipinski definition) is 2. The molecule has 2 atom stereocenters. The van der Waals surface area contributed by atoms with Gasteiger partial charge in [0.15, 0.2) is 0 Å². The highest BCUT2D eigenvalue weighted by atomic mass is 32.2. The van der Waals surface area contributed by atoms with E-state index < -0.39 is 0 Å². The number of rotatable bonds is 16. The van der Waals surface area contributed by atoms with E-state index >= 15 is 0 Å². The van der Waals surface area contributed by atoms with Crippen LogP contribution in [0.1, 0.15) is 24.0 Å². The van der Waals surface area contributed by atoms with Crippen molar-refractivity contribution in [3.05, 3.63) is 59.7 Å². The van der Waals surface area contributed by atoms with Crippen LogP contribution in [0.15, 0.2) is 48.5 Å². The summed E-state index contributed by atoms with van der Waals surface area (Å²) < 4.78 is 10.5. The summed E-state index contributed by atoms with van der Waals surface area (Å²) in [6.07, 6.45) is 2.45. The largest absolute Gasteiger partial charge is 0.497 e. The Labute approximate surface area is 197 Å². The van der Waals surface area contributed by atoms with Crippen LogP contribution in [0.25, 0.3) is 0 Å². The molecule has 0 saturated carbocycles. The fraction of sp³-hybridized carbons (Fsp3) is 0.520. The molecule has 0 aliphatic heterocycles. The van der Waals surface area contributed by atoms with E-state index in [0.717, 1.165) is 35.3 Å². The van der Waals surface area contributed by atoms with Gasteiger partial charge in [0, 0.05) is 23.3 Å². The highest BCUT2D eigenvalue weighted by Crippen LogP contribution is 2.22. The lowest BCUT2D eigenvalue weighted by molar-refractivity contribution is 0.414. The van der Waals surface area contributed by atoms with Crippen molar-refractivity contribution in [3.8, 4) is 11.5 Å². The van der Waals surface area contributed by atoms with E-state index in [1.807, 2.05) is 47.8 Å². The molecule has 0 saturated heterocycles. The molecule has 31 heavy (non-hydrogen) atoms. The lowest BCUT2D eigenvalue weighted by Gasteiger charge is -2.21. The van der Waals surface area contributed by atoms with Gasteiger partial charge >= 0.3 is 0 Å². The van der Waals surface area contributed by atoms with Crippen LogP contribution in [0, 0.1) is 5.92 Å². The topological polar surface area (TPSA) is 42.5 Å². The zero-order chi connectivity index (χ0) is 22.3. The molecule has 172 valence electrons. The standard InChI is InChI=1S/C25H38N2O2S2/c1-26-15-22(18-30-16-20-6-11-24(28-3)12-7-20)5-10-23(27-2)19-31-17-21-8-13-25(29-4)14-9-21/h6-9,11-14,22-23,26-27H,5,10,15-19H2,1-4H3/t22-,23-/m1/s1. The third-order valence-electron chi connectivity index (χ3n) is 5.35. The van der Waals surface area contributed by atoms with Gasteiger partial charge in [-0.15, -0.1) is 0 Å². The highest BCUT2D eigenvalue weighted by Gasteiger charge is 2.13. The van der Waals surface area contributed by atoms with Crippen LogP contribution in [0.4, 0.5) is 0 Å². The Hall–Kier alpha value is -1.34. The Morgan fingerprint density at radius 2 is 1.26 bits per heavy atom. The molecule has 0 aliphatic carbocycles. The molecule has 0 aromatic heterocycles. The van der Waals surface area contributed by atoms with E-state index in [4.69, 9.17) is 9.47 Å². The van der Waals surface area contributed by atoms with Gasteiger partial charge in [0.1, 0.15) is 11.5 Å². The second-order valence-corrected chi connectivity index (χ2v) is 9.77. The zero-order valence-electron chi connectivity index (χ0n) is 19.4. The van der Waals surface area contributed by atoms with Gasteiger partial charge in [0.2, 0.25) is 0 Å². The predicted octanol–water partition coefficient (Wildman–Crippen LogP) is 5.07. The van der Waals surface area contributed by atoms with E-state index in [-0.39, 0.29) is 0 Å². The third kappa shape index (κ3) is 10.2. The van der Waals surface area contributed by atoms with Gasteiger partial charge in [0.05, 0.1) is 14.2 Å². The summed E-state index contributed by atoms with van der Waals surface area (Å²) in [6.45, 7) is 1.07. The second-order valence-electron chi connectivity index (χ2n) is 7.71. The maximum Gasteiger partial charge on any atom is 0.118 e. The first-order chi connectivity index (χ1) is 15.2. The minimum Gasteiger partial charge on any atom is -0.497 e. The van der Waals surface area contributed by atoms with Gasteiger partial charge in [-0.2, -0.15) is 23.5 Å². The van der Waals surface area contributed by atoms with Gasteiger partial charge in [-0.1, -0.05) is 24.3 Å². The average Bonchev–Trinajstić information content (AvgIpc) is 2.82. The van der Waals surface area contributed by atoms with Crippen LogP contribution in [-0.2, 0) is 11.5 Å². The van der Waals surface area contributed by atoms with Gasteiger partial charge in [-0.05, 0) is 80.5 Å². The van der Waals surface area contributed by atoms with Gasteiger partial charge in [0.25, 0.3) is 0 Å². The number of hydrogen-bond acceptors (Lipinski definition) is 6. The van der Waals surface area contributed by atoms with Crippen LogP contribution < -0.4 is 20.1 Å². The molecule has 0 aliphatic rings. The van der Waals surface area contributed by atoms with Gasteiger partial charge in [-0.3, -0.25) is 0 Å². The molecule has 4 nitrogen and oxygen atoms in total. The second kappa shape index (κ2) is 15.5. The molecule has 0 unspecified atom stereocenters. The van der Waals surface area contributed by atoms with Crippen molar-refractivity contribution in [1.82, 2.24) is 10.6 Å². The van der Waals surface area contributed by atoms with Crippen molar-refractivity contribution < 1.29 is 9.47 Å². The fourth-order valence-electron chi connectivity index (χ4n) is 3.39. The SMILES string of the molecule is CNC[C@@H](CC[C@H](CSCc1ccc(OC)cc1)NC)CSCc1ccc(OC)cc1. The summed E-state index contributed by atoms with van der Waals surface area (Å²) in [4.78, 5) is 0. The van der Waals surface area contributed by atoms with Crippen LogP contribution in [0.2, 0.25) is 0 Å². The van der Waals surface area contributed by atoms with E-state index in [2.05, 4.69) is 49.0 Å². The normalized spacial score (nSPS) is 13.0. The van der Waals surface area contributed by atoms with Crippen LogP contribution >= 0.6 is 23.5 Å². The molecule has 0 spiro atoms. The van der Waals surface area contributed by atoms with Crippen molar-refractivity contribution in [1.29, 1.82) is 0 Å². The van der Waals surface area contributed by atoms with Crippen LogP contribution in [-0.4, -0.2) is 52.4 Å². The van der Waals surface area contributed by atoms with Crippen molar-refractivity contribution in [2.75, 3.05) is 46.4 Å². The Morgan fingerprint density at radius 3 is 1.71 bits per heavy atom. The minimum atomic E-state index is 0.550. The molecule has 2 aromatic carbocycles. The Balaban J connectivity index is 1.69. The molecular formula is C25H38N2O2S2. The molecule has 0 fully saturated rings. The summed E-state index contributed by atoms with van der Waals surface area (Å²) >= 11 is 4.03. The van der Waals surface area contributed by atoms with E-state index in [1.165, 1.54) is 29.7 Å². The molecule has 0 amide bonds. The molecule has 2 aromatic rings. The molecule has 2 rings (SSSR count). The first-order valence-electron chi connectivity index (χ1n) is 10.9. The molecule has 0 bridgehead atoms. The number of methoxy groups -OCH3 is 2. The van der Waals surface area contributed by atoms with Crippen molar-refractivity contribution in [3.63, 3.8) is 0 Å². The average molecular weight is 463 g/mol. The summed E-state index contributed by atoms with van der Waals surface area (Å²) in [5, 5.41) is 6.90. The van der Waals surface area contributed by atoms with Crippen molar-refractivity contribution in [2.24, 2.45) is 5.92 Å². The van der Waals surface area contributed by atoms with E-state index in [0.29, 0.717) is 12.0 Å². The summed E-state index contributed by atoms with van der Waals surface area (Å²) in [5.41, 5.74) is 2.71. The summed E-state index contributed by atoms with van der Waals surface area (Å²) in [5.74, 6) is 6.94. The molecule has 2 N–H and O–H groups in total.